The molecule has 0 aliphatic heterocycles. The Kier molecular flexibility index (Phi) is 3.66. The fourth-order valence-electron chi connectivity index (χ4n) is 5.32. The monoisotopic (exact) mass is 437 g/mol. The van der Waals surface area contributed by atoms with E-state index in [0.717, 1.165) is 38.6 Å². The molecular weight excluding hydrogens is 418 g/mol. The van der Waals surface area contributed by atoms with Crippen LogP contribution in [-0.2, 0) is 5.41 Å². The van der Waals surface area contributed by atoms with E-state index >= 15 is 0 Å². The van der Waals surface area contributed by atoms with Crippen LogP contribution in [0.15, 0.2) is 63.8 Å². The average molecular weight is 437 g/mol. The lowest BCUT2D eigenvalue weighted by Crippen LogP contribution is -2.15. The smallest absolute Gasteiger partial charge is 0.270 e. The molecule has 0 bridgehead atoms. The number of rotatable bonds is 1. The summed E-state index contributed by atoms with van der Waals surface area (Å²) in [7, 11) is 0. The number of nitro benzene ring substituents is 1. The summed E-state index contributed by atoms with van der Waals surface area (Å²) in [5, 5.41) is 24.2. The highest BCUT2D eigenvalue weighted by atomic mass is 16.6. The lowest BCUT2D eigenvalue weighted by atomic mass is 9.81. The van der Waals surface area contributed by atoms with Gasteiger partial charge >= 0.3 is 0 Å². The molecule has 33 heavy (non-hydrogen) atoms. The first-order valence-electron chi connectivity index (χ1n) is 10.6. The Bertz CT molecular complexity index is 1760. The van der Waals surface area contributed by atoms with Crippen LogP contribution in [0.5, 0.6) is 5.75 Å². The molecule has 6 rings (SSSR count). The molecule has 1 aliphatic carbocycles. The van der Waals surface area contributed by atoms with E-state index < -0.39 is 10.3 Å². The quantitative estimate of drug-likeness (QED) is 0.188. The second-order valence-corrected chi connectivity index (χ2v) is 9.18. The number of hydrogen-bond acceptors (Lipinski definition) is 5. The van der Waals surface area contributed by atoms with Gasteiger partial charge in [0.25, 0.3) is 5.69 Å². The van der Waals surface area contributed by atoms with Gasteiger partial charge in [0.1, 0.15) is 16.9 Å². The van der Waals surface area contributed by atoms with Crippen molar-refractivity contribution in [1.29, 1.82) is 0 Å². The molecule has 6 heteroatoms. The minimum atomic E-state index is -0.518. The normalized spacial score (nSPS) is 14.0. The molecule has 0 fully saturated rings. The van der Waals surface area contributed by atoms with Crippen LogP contribution in [0.2, 0.25) is 0 Å². The number of aryl methyl sites for hydroxylation is 1. The molecular formula is C27H19NO5. The summed E-state index contributed by atoms with van der Waals surface area (Å²) in [6, 6.07) is 15.6. The zero-order valence-electron chi connectivity index (χ0n) is 18.2. The summed E-state index contributed by atoms with van der Waals surface area (Å²) in [5.41, 5.74) is 4.43. The van der Waals surface area contributed by atoms with Crippen molar-refractivity contribution in [1.82, 2.24) is 0 Å². The van der Waals surface area contributed by atoms with E-state index in [1.165, 1.54) is 18.2 Å². The first kappa shape index (κ1) is 19.5. The van der Waals surface area contributed by atoms with E-state index in [4.69, 9.17) is 4.42 Å². The van der Waals surface area contributed by atoms with Gasteiger partial charge in [-0.2, -0.15) is 0 Å². The standard InChI is InChI=1S/C27H19NO5/c1-13-10-18-24(23-16-7-5-4-6-15(16)20(29)12-19(23)27(18,2)3)26-22(13)25(30)17-11-14(28(31)32)8-9-21(17)33-26/h4-12,29H,1-3H3. The van der Waals surface area contributed by atoms with Crippen molar-refractivity contribution in [3.63, 3.8) is 0 Å². The Morgan fingerprint density at radius 1 is 0.939 bits per heavy atom. The Morgan fingerprint density at radius 2 is 1.64 bits per heavy atom. The van der Waals surface area contributed by atoms with Crippen LogP contribution in [0.1, 0.15) is 30.5 Å². The predicted octanol–water partition coefficient (Wildman–Crippen LogP) is 6.33. The molecule has 6 nitrogen and oxygen atoms in total. The van der Waals surface area contributed by atoms with E-state index in [1.54, 1.807) is 6.07 Å². The number of aromatic hydroxyl groups is 1. The van der Waals surface area contributed by atoms with E-state index in [1.807, 2.05) is 37.3 Å². The van der Waals surface area contributed by atoms with Crippen molar-refractivity contribution < 1.29 is 14.4 Å². The number of benzene rings is 4. The van der Waals surface area contributed by atoms with E-state index in [-0.39, 0.29) is 22.3 Å². The first-order valence-corrected chi connectivity index (χ1v) is 10.6. The van der Waals surface area contributed by atoms with Gasteiger partial charge in [-0.15, -0.1) is 0 Å². The maximum absolute atomic E-state index is 13.6. The first-order chi connectivity index (χ1) is 15.7. The van der Waals surface area contributed by atoms with Crippen LogP contribution in [0.25, 0.3) is 43.8 Å². The number of fused-ring (bicyclic) bond motifs is 8. The van der Waals surface area contributed by atoms with Crippen molar-refractivity contribution >= 4 is 38.4 Å². The average Bonchev–Trinajstić information content (AvgIpc) is 3.01. The third kappa shape index (κ3) is 2.40. The van der Waals surface area contributed by atoms with E-state index in [9.17, 15) is 20.0 Å². The molecule has 0 atom stereocenters. The molecule has 0 amide bonds. The zero-order chi connectivity index (χ0) is 23.2. The van der Waals surface area contributed by atoms with Crippen LogP contribution < -0.4 is 5.43 Å². The minimum absolute atomic E-state index is 0.152. The molecule has 1 heterocycles. The Balaban J connectivity index is 1.85. The van der Waals surface area contributed by atoms with Crippen molar-refractivity contribution in [2.45, 2.75) is 26.2 Å². The zero-order valence-corrected chi connectivity index (χ0v) is 18.2. The SMILES string of the molecule is Cc1cc2c(c3oc4ccc([N+](=O)[O-])cc4c(=O)c13)-c1c(cc(O)c3ccccc13)C2(C)C. The Labute approximate surface area is 187 Å². The summed E-state index contributed by atoms with van der Waals surface area (Å²) >= 11 is 0. The molecule has 1 aromatic heterocycles. The fourth-order valence-corrected chi connectivity index (χ4v) is 5.32. The van der Waals surface area contributed by atoms with Gasteiger partial charge in [0, 0.05) is 28.5 Å². The topological polar surface area (TPSA) is 93.6 Å². The predicted molar refractivity (Wildman–Crippen MR) is 128 cm³/mol. The number of nitro groups is 1. The maximum atomic E-state index is 13.6. The van der Waals surface area contributed by atoms with Crippen molar-refractivity contribution in [3.05, 3.63) is 91.6 Å². The third-order valence-electron chi connectivity index (χ3n) is 6.96. The molecule has 5 aromatic rings. The van der Waals surface area contributed by atoms with Gasteiger partial charge in [0.15, 0.2) is 0 Å². The second kappa shape index (κ2) is 6.19. The number of non-ortho nitro benzene ring substituents is 1. The van der Waals surface area contributed by atoms with E-state index in [0.29, 0.717) is 16.6 Å². The lowest BCUT2D eigenvalue weighted by molar-refractivity contribution is -0.384. The van der Waals surface area contributed by atoms with Gasteiger partial charge < -0.3 is 9.52 Å². The highest BCUT2D eigenvalue weighted by Gasteiger charge is 2.40. The van der Waals surface area contributed by atoms with Gasteiger partial charge in [-0.05, 0) is 46.7 Å². The third-order valence-corrected chi connectivity index (χ3v) is 6.96. The van der Waals surface area contributed by atoms with Gasteiger partial charge in [-0.3, -0.25) is 14.9 Å². The molecule has 0 radical (unpaired) electrons. The van der Waals surface area contributed by atoms with Crippen LogP contribution in [0.3, 0.4) is 0 Å². The van der Waals surface area contributed by atoms with Gasteiger partial charge in [0.05, 0.1) is 15.7 Å². The molecule has 0 unspecified atom stereocenters. The summed E-state index contributed by atoms with van der Waals surface area (Å²) in [6.07, 6.45) is 0. The van der Waals surface area contributed by atoms with Crippen LogP contribution in [0, 0.1) is 17.0 Å². The van der Waals surface area contributed by atoms with Crippen LogP contribution >= 0.6 is 0 Å². The number of nitrogens with zero attached hydrogens (tertiary/aromatic N) is 1. The molecule has 162 valence electrons. The van der Waals surface area contributed by atoms with Gasteiger partial charge in [-0.1, -0.05) is 44.2 Å². The summed E-state index contributed by atoms with van der Waals surface area (Å²) in [4.78, 5) is 24.3. The van der Waals surface area contributed by atoms with Crippen LogP contribution in [0.4, 0.5) is 5.69 Å². The van der Waals surface area contributed by atoms with Gasteiger partial charge in [-0.25, -0.2) is 0 Å². The van der Waals surface area contributed by atoms with E-state index in [2.05, 4.69) is 13.8 Å². The number of phenolic OH excluding ortho intramolecular Hbond substituents is 1. The highest BCUT2D eigenvalue weighted by molar-refractivity contribution is 6.12. The molecule has 0 saturated heterocycles. The van der Waals surface area contributed by atoms with Crippen molar-refractivity contribution in [2.24, 2.45) is 0 Å². The minimum Gasteiger partial charge on any atom is -0.507 e. The highest BCUT2D eigenvalue weighted by Crippen LogP contribution is 2.55. The number of hydrogen-bond donors (Lipinski definition) is 1. The fraction of sp³-hybridized carbons (Fsp3) is 0.148. The molecule has 1 aliphatic rings. The molecule has 0 spiro atoms. The number of phenols is 1. The second-order valence-electron chi connectivity index (χ2n) is 9.18. The Hall–Kier alpha value is -4.19. The molecule has 1 N–H and O–H groups in total. The van der Waals surface area contributed by atoms with Crippen LogP contribution in [-0.4, -0.2) is 10.0 Å². The summed E-state index contributed by atoms with van der Waals surface area (Å²) in [5.74, 6) is 0.213. The molecule has 0 saturated carbocycles. The lowest BCUT2D eigenvalue weighted by Gasteiger charge is -2.22. The Morgan fingerprint density at radius 3 is 2.36 bits per heavy atom. The van der Waals surface area contributed by atoms with Gasteiger partial charge in [0.2, 0.25) is 5.43 Å². The van der Waals surface area contributed by atoms with Crippen molar-refractivity contribution in [3.8, 4) is 16.9 Å². The summed E-state index contributed by atoms with van der Waals surface area (Å²) < 4.78 is 6.33. The summed E-state index contributed by atoms with van der Waals surface area (Å²) in [6.45, 7) is 6.05. The maximum Gasteiger partial charge on any atom is 0.270 e. The molecule has 4 aromatic carbocycles. The largest absolute Gasteiger partial charge is 0.507 e. The van der Waals surface area contributed by atoms with Crippen molar-refractivity contribution in [2.75, 3.05) is 0 Å².